The van der Waals surface area contributed by atoms with Gasteiger partial charge in [0.2, 0.25) is 0 Å². The van der Waals surface area contributed by atoms with Crippen molar-refractivity contribution in [1.82, 2.24) is 4.98 Å². The summed E-state index contributed by atoms with van der Waals surface area (Å²) in [6, 6.07) is 5.91. The lowest BCUT2D eigenvalue weighted by Crippen LogP contribution is -2.15. The highest BCUT2D eigenvalue weighted by atomic mass is 79.9. The van der Waals surface area contributed by atoms with Crippen LogP contribution in [0, 0.1) is 5.82 Å². The number of sulfonamides is 1. The second-order valence-electron chi connectivity index (χ2n) is 3.92. The van der Waals surface area contributed by atoms with Crippen LogP contribution in [0.25, 0.3) is 0 Å². The van der Waals surface area contributed by atoms with Crippen molar-refractivity contribution in [2.75, 3.05) is 4.72 Å². The summed E-state index contributed by atoms with van der Waals surface area (Å²) in [5, 5.41) is 8.35. The molecule has 1 heterocycles. The molecule has 0 unspecified atom stereocenters. The van der Waals surface area contributed by atoms with Crippen LogP contribution in [-0.4, -0.2) is 24.5 Å². The molecule has 0 radical (unpaired) electrons. The van der Waals surface area contributed by atoms with E-state index in [1.165, 1.54) is 12.1 Å². The third-order valence-electron chi connectivity index (χ3n) is 2.43. The average Bonchev–Trinajstić information content (AvgIpc) is 2.43. The molecule has 0 aliphatic rings. The zero-order chi connectivity index (χ0) is 15.6. The first-order chi connectivity index (χ1) is 9.79. The van der Waals surface area contributed by atoms with Crippen molar-refractivity contribution in [3.8, 4) is 0 Å². The van der Waals surface area contributed by atoms with Gasteiger partial charge in [-0.15, -0.1) is 0 Å². The Morgan fingerprint density at radius 1 is 1.29 bits per heavy atom. The van der Waals surface area contributed by atoms with Gasteiger partial charge in [0.15, 0.2) is 5.03 Å². The lowest BCUT2D eigenvalue weighted by molar-refractivity contribution is 0.0696. The first-order valence-electron chi connectivity index (χ1n) is 5.47. The van der Waals surface area contributed by atoms with E-state index in [-0.39, 0.29) is 20.7 Å². The number of aromatic carboxylic acids is 1. The van der Waals surface area contributed by atoms with Gasteiger partial charge in [0.25, 0.3) is 10.0 Å². The quantitative estimate of drug-likeness (QED) is 0.856. The monoisotopic (exact) mass is 374 g/mol. The van der Waals surface area contributed by atoms with E-state index < -0.39 is 21.8 Å². The summed E-state index contributed by atoms with van der Waals surface area (Å²) in [6.07, 6.45) is 0.930. The van der Waals surface area contributed by atoms with E-state index in [1.807, 2.05) is 0 Å². The Kier molecular flexibility index (Phi) is 4.24. The predicted molar refractivity (Wildman–Crippen MR) is 76.1 cm³/mol. The lowest BCUT2D eigenvalue weighted by atomic mass is 10.3. The van der Waals surface area contributed by atoms with E-state index in [4.69, 9.17) is 5.11 Å². The van der Waals surface area contributed by atoms with E-state index in [0.29, 0.717) is 0 Å². The number of hydrogen-bond donors (Lipinski definition) is 2. The summed E-state index contributed by atoms with van der Waals surface area (Å²) in [6.45, 7) is 0. The standard InChI is InChI=1S/C12H8BrFN2O4S/c13-9-3-2-8(5-10(9)14)16-21(19,20)11-4-1-7(6-15-11)12(17)18/h1-6,16H,(H,17,18). The second kappa shape index (κ2) is 5.78. The lowest BCUT2D eigenvalue weighted by Gasteiger charge is -2.08. The van der Waals surface area contributed by atoms with E-state index in [1.54, 1.807) is 0 Å². The second-order valence-corrected chi connectivity index (χ2v) is 6.41. The maximum atomic E-state index is 13.3. The van der Waals surface area contributed by atoms with Crippen LogP contribution in [-0.2, 0) is 10.0 Å². The topological polar surface area (TPSA) is 96.4 Å². The normalized spacial score (nSPS) is 11.1. The maximum absolute atomic E-state index is 13.3. The van der Waals surface area contributed by atoms with E-state index in [9.17, 15) is 17.6 Å². The molecule has 0 saturated carbocycles. The minimum absolute atomic E-state index is 0.0276. The molecule has 1 aromatic heterocycles. The smallest absolute Gasteiger partial charge is 0.337 e. The Morgan fingerprint density at radius 3 is 2.52 bits per heavy atom. The van der Waals surface area contributed by atoms with Crippen LogP contribution in [0.1, 0.15) is 10.4 Å². The van der Waals surface area contributed by atoms with Crippen LogP contribution >= 0.6 is 15.9 Å². The van der Waals surface area contributed by atoms with Crippen molar-refractivity contribution in [3.63, 3.8) is 0 Å². The molecule has 0 amide bonds. The van der Waals surface area contributed by atoms with Crippen LogP contribution in [0.3, 0.4) is 0 Å². The van der Waals surface area contributed by atoms with Gasteiger partial charge in [-0.2, -0.15) is 8.42 Å². The highest BCUT2D eigenvalue weighted by Crippen LogP contribution is 2.21. The van der Waals surface area contributed by atoms with Gasteiger partial charge in [-0.05, 0) is 46.3 Å². The number of nitrogens with zero attached hydrogens (tertiary/aromatic N) is 1. The van der Waals surface area contributed by atoms with Crippen molar-refractivity contribution in [3.05, 3.63) is 52.4 Å². The van der Waals surface area contributed by atoms with E-state index >= 15 is 0 Å². The Labute approximate surface area is 127 Å². The van der Waals surface area contributed by atoms with Crippen molar-refractivity contribution >= 4 is 37.6 Å². The summed E-state index contributed by atoms with van der Waals surface area (Å²) in [5.74, 6) is -1.83. The van der Waals surface area contributed by atoms with Gasteiger partial charge in [0, 0.05) is 6.20 Å². The number of hydrogen-bond acceptors (Lipinski definition) is 4. The number of halogens is 2. The summed E-state index contributed by atoms with van der Waals surface area (Å²) in [7, 11) is -4.02. The highest BCUT2D eigenvalue weighted by Gasteiger charge is 2.17. The summed E-state index contributed by atoms with van der Waals surface area (Å²) in [5.41, 5.74) is -0.108. The Hall–Kier alpha value is -2.00. The minimum Gasteiger partial charge on any atom is -0.478 e. The number of pyridine rings is 1. The van der Waals surface area contributed by atoms with Crippen molar-refractivity contribution in [2.45, 2.75) is 5.03 Å². The number of nitrogens with one attached hydrogen (secondary N) is 1. The highest BCUT2D eigenvalue weighted by molar-refractivity contribution is 9.10. The summed E-state index contributed by atoms with van der Waals surface area (Å²) < 4.78 is 39.7. The molecule has 6 nitrogen and oxygen atoms in total. The molecule has 0 aliphatic heterocycles. The van der Waals surface area contributed by atoms with Gasteiger partial charge >= 0.3 is 5.97 Å². The number of aromatic nitrogens is 1. The van der Waals surface area contributed by atoms with Gasteiger partial charge in [-0.25, -0.2) is 14.2 Å². The molecular formula is C12H8BrFN2O4S. The number of rotatable bonds is 4. The number of benzene rings is 1. The minimum atomic E-state index is -4.02. The third-order valence-corrected chi connectivity index (χ3v) is 4.37. The molecule has 0 saturated heterocycles. The molecule has 2 rings (SSSR count). The molecule has 0 spiro atoms. The Morgan fingerprint density at radius 2 is 2.00 bits per heavy atom. The number of carbonyl (C=O) groups is 1. The molecule has 1 aromatic carbocycles. The van der Waals surface area contributed by atoms with Gasteiger partial charge in [0.05, 0.1) is 15.7 Å². The summed E-state index contributed by atoms with van der Waals surface area (Å²) in [4.78, 5) is 14.2. The molecule has 0 fully saturated rings. The number of anilines is 1. The van der Waals surface area contributed by atoms with Gasteiger partial charge in [-0.1, -0.05) is 0 Å². The van der Waals surface area contributed by atoms with Gasteiger partial charge < -0.3 is 5.11 Å². The first kappa shape index (κ1) is 15.4. The van der Waals surface area contributed by atoms with Crippen LogP contribution in [0.5, 0.6) is 0 Å². The van der Waals surface area contributed by atoms with Crippen LogP contribution < -0.4 is 4.72 Å². The van der Waals surface area contributed by atoms with Gasteiger partial charge in [0.1, 0.15) is 5.82 Å². The van der Waals surface area contributed by atoms with E-state index in [0.717, 1.165) is 24.4 Å². The van der Waals surface area contributed by atoms with Crippen molar-refractivity contribution < 1.29 is 22.7 Å². The molecule has 110 valence electrons. The molecule has 0 atom stereocenters. The maximum Gasteiger partial charge on any atom is 0.337 e. The third kappa shape index (κ3) is 3.56. The van der Waals surface area contributed by atoms with E-state index in [2.05, 4.69) is 25.6 Å². The predicted octanol–water partition coefficient (Wildman–Crippen LogP) is 2.48. The fourth-order valence-electron chi connectivity index (χ4n) is 1.43. The molecular weight excluding hydrogens is 367 g/mol. The van der Waals surface area contributed by atoms with Crippen LogP contribution in [0.4, 0.5) is 10.1 Å². The van der Waals surface area contributed by atoms with Crippen molar-refractivity contribution in [1.29, 1.82) is 0 Å². The first-order valence-corrected chi connectivity index (χ1v) is 7.74. The Balaban J connectivity index is 2.29. The molecule has 2 aromatic rings. The van der Waals surface area contributed by atoms with Crippen LogP contribution in [0.15, 0.2) is 46.0 Å². The van der Waals surface area contributed by atoms with Crippen LogP contribution in [0.2, 0.25) is 0 Å². The average molecular weight is 375 g/mol. The molecule has 21 heavy (non-hydrogen) atoms. The zero-order valence-electron chi connectivity index (χ0n) is 10.2. The molecule has 0 aliphatic carbocycles. The fraction of sp³-hybridized carbons (Fsp3) is 0. The zero-order valence-corrected chi connectivity index (χ0v) is 12.6. The largest absolute Gasteiger partial charge is 0.478 e. The Bertz CT molecular complexity index is 793. The molecule has 2 N–H and O–H groups in total. The molecule has 9 heteroatoms. The fourth-order valence-corrected chi connectivity index (χ4v) is 2.66. The number of carboxylic acid groups (broad SMARTS) is 1. The SMILES string of the molecule is O=C(O)c1ccc(S(=O)(=O)Nc2ccc(Br)c(F)c2)nc1. The summed E-state index contributed by atoms with van der Waals surface area (Å²) >= 11 is 2.96. The van der Waals surface area contributed by atoms with Gasteiger partial charge in [-0.3, -0.25) is 4.72 Å². The van der Waals surface area contributed by atoms with Crippen molar-refractivity contribution in [2.24, 2.45) is 0 Å². The molecule has 0 bridgehead atoms. The number of carboxylic acids is 1.